The Morgan fingerprint density at radius 2 is 2.24 bits per heavy atom. The summed E-state index contributed by atoms with van der Waals surface area (Å²) in [5.74, 6) is -1.24. The van der Waals surface area contributed by atoms with E-state index in [0.717, 1.165) is 0 Å². The second kappa shape index (κ2) is 6.67. The first-order valence-corrected chi connectivity index (χ1v) is 6.99. The van der Waals surface area contributed by atoms with Gasteiger partial charge in [-0.1, -0.05) is 6.07 Å². The van der Waals surface area contributed by atoms with Gasteiger partial charge in [-0.15, -0.1) is 0 Å². The van der Waals surface area contributed by atoms with Crippen LogP contribution in [0.2, 0.25) is 0 Å². The fourth-order valence-electron chi connectivity index (χ4n) is 2.38. The van der Waals surface area contributed by atoms with E-state index in [1.54, 1.807) is 19.9 Å². The molecular formula is C15H19FN2O3. The molecule has 1 aliphatic heterocycles. The van der Waals surface area contributed by atoms with Crippen LogP contribution in [-0.2, 0) is 9.53 Å². The van der Waals surface area contributed by atoms with Crippen LogP contribution in [0, 0.1) is 12.7 Å². The number of rotatable bonds is 3. The molecular weight excluding hydrogens is 275 g/mol. The quantitative estimate of drug-likeness (QED) is 0.849. The molecule has 1 fully saturated rings. The number of halogens is 1. The predicted molar refractivity (Wildman–Crippen MR) is 75.5 cm³/mol. The molecule has 1 saturated heterocycles. The molecule has 1 N–H and O–H groups in total. The normalized spacial score (nSPS) is 18.4. The van der Waals surface area contributed by atoms with Crippen LogP contribution < -0.4 is 5.32 Å². The number of carbonyl (C=O) groups excluding carboxylic acids is 2. The molecule has 0 saturated carbocycles. The minimum Gasteiger partial charge on any atom is -0.464 e. The number of hydrogen-bond acceptors (Lipinski definition) is 4. The average Bonchev–Trinajstić information content (AvgIpc) is 2.49. The molecule has 21 heavy (non-hydrogen) atoms. The van der Waals surface area contributed by atoms with Crippen molar-refractivity contribution in [2.75, 3.05) is 26.2 Å². The lowest BCUT2D eigenvalue weighted by Crippen LogP contribution is -2.57. The third-order valence-corrected chi connectivity index (χ3v) is 3.49. The molecule has 114 valence electrons. The van der Waals surface area contributed by atoms with Gasteiger partial charge in [0.1, 0.15) is 11.9 Å². The number of carbonyl (C=O) groups is 2. The van der Waals surface area contributed by atoms with Crippen LogP contribution in [0.4, 0.5) is 4.39 Å². The van der Waals surface area contributed by atoms with E-state index in [2.05, 4.69) is 5.32 Å². The third-order valence-electron chi connectivity index (χ3n) is 3.49. The molecule has 0 bridgehead atoms. The average molecular weight is 294 g/mol. The Kier molecular flexibility index (Phi) is 4.90. The van der Waals surface area contributed by atoms with E-state index < -0.39 is 17.8 Å². The number of esters is 1. The largest absolute Gasteiger partial charge is 0.464 e. The lowest BCUT2D eigenvalue weighted by Gasteiger charge is -2.34. The summed E-state index contributed by atoms with van der Waals surface area (Å²) >= 11 is 0. The van der Waals surface area contributed by atoms with E-state index in [0.29, 0.717) is 25.2 Å². The van der Waals surface area contributed by atoms with Gasteiger partial charge in [0.25, 0.3) is 5.91 Å². The van der Waals surface area contributed by atoms with Gasteiger partial charge >= 0.3 is 5.97 Å². The number of ether oxygens (including phenoxy) is 1. The van der Waals surface area contributed by atoms with E-state index in [9.17, 15) is 14.0 Å². The molecule has 0 radical (unpaired) electrons. The van der Waals surface area contributed by atoms with E-state index in [4.69, 9.17) is 4.74 Å². The second-order valence-corrected chi connectivity index (χ2v) is 4.93. The Morgan fingerprint density at radius 3 is 2.95 bits per heavy atom. The third kappa shape index (κ3) is 3.39. The van der Waals surface area contributed by atoms with E-state index in [1.807, 2.05) is 0 Å². The molecule has 6 heteroatoms. The summed E-state index contributed by atoms with van der Waals surface area (Å²) in [6.45, 7) is 5.05. The van der Waals surface area contributed by atoms with Gasteiger partial charge in [-0.3, -0.25) is 4.79 Å². The van der Waals surface area contributed by atoms with Gasteiger partial charge in [0.05, 0.1) is 6.61 Å². The minimum atomic E-state index is -0.672. The summed E-state index contributed by atoms with van der Waals surface area (Å²) in [5, 5.41) is 3.07. The highest BCUT2D eigenvalue weighted by molar-refractivity contribution is 5.98. The summed E-state index contributed by atoms with van der Waals surface area (Å²) in [7, 11) is 0. The molecule has 1 aromatic carbocycles. The fourth-order valence-corrected chi connectivity index (χ4v) is 2.38. The SMILES string of the molecule is CCOC(=O)C1CNCCN1C(=O)c1cc(F)ccc1C. The first kappa shape index (κ1) is 15.4. The maximum Gasteiger partial charge on any atom is 0.330 e. The molecule has 0 spiro atoms. The highest BCUT2D eigenvalue weighted by Gasteiger charge is 2.34. The van der Waals surface area contributed by atoms with Crippen LogP contribution in [-0.4, -0.2) is 49.1 Å². The maximum atomic E-state index is 13.4. The van der Waals surface area contributed by atoms with Crippen molar-refractivity contribution in [1.29, 1.82) is 0 Å². The minimum absolute atomic E-state index is 0.260. The number of amides is 1. The summed E-state index contributed by atoms with van der Waals surface area (Å²) in [6, 6.07) is 3.41. The Balaban J connectivity index is 2.26. The van der Waals surface area contributed by atoms with Crippen molar-refractivity contribution in [3.05, 3.63) is 35.1 Å². The van der Waals surface area contributed by atoms with Crippen molar-refractivity contribution in [3.63, 3.8) is 0 Å². The first-order valence-electron chi connectivity index (χ1n) is 6.99. The smallest absolute Gasteiger partial charge is 0.330 e. The Labute approximate surface area is 123 Å². The summed E-state index contributed by atoms with van der Waals surface area (Å²) < 4.78 is 18.4. The van der Waals surface area contributed by atoms with Gasteiger partial charge in [-0.05, 0) is 31.5 Å². The second-order valence-electron chi connectivity index (χ2n) is 4.93. The molecule has 1 aliphatic rings. The van der Waals surface area contributed by atoms with E-state index in [-0.39, 0.29) is 18.1 Å². The van der Waals surface area contributed by atoms with Crippen molar-refractivity contribution < 1.29 is 18.7 Å². The van der Waals surface area contributed by atoms with Crippen LogP contribution in [0.1, 0.15) is 22.8 Å². The Morgan fingerprint density at radius 1 is 1.48 bits per heavy atom. The molecule has 1 aromatic rings. The molecule has 1 heterocycles. The summed E-state index contributed by atoms with van der Waals surface area (Å²) in [5.41, 5.74) is 0.966. The lowest BCUT2D eigenvalue weighted by atomic mass is 10.1. The molecule has 1 amide bonds. The number of nitrogens with zero attached hydrogens (tertiary/aromatic N) is 1. The highest BCUT2D eigenvalue weighted by Crippen LogP contribution is 2.16. The standard InChI is InChI=1S/C15H19FN2O3/c1-3-21-15(20)13-9-17-6-7-18(13)14(19)12-8-11(16)5-4-10(12)2/h4-5,8,13,17H,3,6-7,9H2,1-2H3. The number of aryl methyl sites for hydroxylation is 1. The molecule has 1 atom stereocenters. The van der Waals surface area contributed by atoms with Gasteiger partial charge in [-0.25, -0.2) is 9.18 Å². The van der Waals surface area contributed by atoms with Crippen molar-refractivity contribution in [3.8, 4) is 0 Å². The Bertz CT molecular complexity index is 548. The number of nitrogens with one attached hydrogen (secondary N) is 1. The molecule has 2 rings (SSSR count). The Hall–Kier alpha value is -1.95. The van der Waals surface area contributed by atoms with Crippen molar-refractivity contribution in [1.82, 2.24) is 10.2 Å². The maximum absolute atomic E-state index is 13.4. The first-order chi connectivity index (χ1) is 10.0. The van der Waals surface area contributed by atoms with Crippen LogP contribution in [0.15, 0.2) is 18.2 Å². The molecule has 0 aromatic heterocycles. The van der Waals surface area contributed by atoms with Gasteiger partial charge in [0, 0.05) is 25.2 Å². The van der Waals surface area contributed by atoms with Gasteiger partial charge < -0.3 is 15.0 Å². The number of benzene rings is 1. The fraction of sp³-hybridized carbons (Fsp3) is 0.467. The van der Waals surface area contributed by atoms with Crippen molar-refractivity contribution >= 4 is 11.9 Å². The number of hydrogen-bond donors (Lipinski definition) is 1. The molecule has 5 nitrogen and oxygen atoms in total. The summed E-state index contributed by atoms with van der Waals surface area (Å²) in [6.07, 6.45) is 0. The van der Waals surface area contributed by atoms with Crippen molar-refractivity contribution in [2.24, 2.45) is 0 Å². The lowest BCUT2D eigenvalue weighted by molar-refractivity contribution is -0.149. The van der Waals surface area contributed by atoms with E-state index in [1.165, 1.54) is 17.0 Å². The van der Waals surface area contributed by atoms with Crippen LogP contribution in [0.3, 0.4) is 0 Å². The van der Waals surface area contributed by atoms with E-state index >= 15 is 0 Å². The van der Waals surface area contributed by atoms with Crippen molar-refractivity contribution in [2.45, 2.75) is 19.9 Å². The monoisotopic (exact) mass is 294 g/mol. The summed E-state index contributed by atoms with van der Waals surface area (Å²) in [4.78, 5) is 26.0. The highest BCUT2D eigenvalue weighted by atomic mass is 19.1. The van der Waals surface area contributed by atoms with Gasteiger partial charge in [-0.2, -0.15) is 0 Å². The van der Waals surface area contributed by atoms with Gasteiger partial charge in [0.15, 0.2) is 0 Å². The zero-order chi connectivity index (χ0) is 15.4. The van der Waals surface area contributed by atoms with Crippen LogP contribution in [0.5, 0.6) is 0 Å². The topological polar surface area (TPSA) is 58.6 Å². The predicted octanol–water partition coefficient (Wildman–Crippen LogP) is 1.11. The van der Waals surface area contributed by atoms with Crippen LogP contribution in [0.25, 0.3) is 0 Å². The number of piperazine rings is 1. The zero-order valence-corrected chi connectivity index (χ0v) is 12.2. The molecule has 0 aliphatic carbocycles. The van der Waals surface area contributed by atoms with Crippen LogP contribution >= 0.6 is 0 Å². The molecule has 1 unspecified atom stereocenters. The zero-order valence-electron chi connectivity index (χ0n) is 12.2. The van der Waals surface area contributed by atoms with Gasteiger partial charge in [0.2, 0.25) is 0 Å².